The van der Waals surface area contributed by atoms with Gasteiger partial charge in [0, 0.05) is 41.5 Å². The van der Waals surface area contributed by atoms with E-state index in [1.165, 1.54) is 21.5 Å². The number of ketones is 1. The van der Waals surface area contributed by atoms with Crippen LogP contribution in [0.4, 0.5) is 5.69 Å². The van der Waals surface area contributed by atoms with Crippen molar-refractivity contribution in [3.8, 4) is 5.75 Å². The van der Waals surface area contributed by atoms with Crippen LogP contribution in [0.2, 0.25) is 0 Å². The summed E-state index contributed by atoms with van der Waals surface area (Å²) in [6, 6.07) is 19.8. The molecule has 0 saturated heterocycles. The van der Waals surface area contributed by atoms with Crippen LogP contribution < -0.4 is 15.5 Å². The summed E-state index contributed by atoms with van der Waals surface area (Å²) in [6.45, 7) is 0. The van der Waals surface area contributed by atoms with Crippen molar-refractivity contribution in [1.82, 2.24) is 9.55 Å². The smallest absolute Gasteiger partial charge is 0.426 e. The Balaban J connectivity index is 0.000000421. The molecule has 0 bridgehead atoms. The molecule has 2 aromatic carbocycles. The van der Waals surface area contributed by atoms with Crippen LogP contribution in [0.1, 0.15) is 36.8 Å². The third-order valence-electron chi connectivity index (χ3n) is 6.31. The molecule has 2 unspecified atom stereocenters. The Kier molecular flexibility index (Phi) is 11.1. The lowest BCUT2D eigenvalue weighted by Crippen LogP contribution is -2.29. The molecule has 0 aliphatic carbocycles. The maximum Gasteiger partial charge on any atom is 0.426 e. The zero-order valence-corrected chi connectivity index (χ0v) is 24.5. The van der Waals surface area contributed by atoms with Crippen molar-refractivity contribution in [3.63, 3.8) is 0 Å². The van der Waals surface area contributed by atoms with Gasteiger partial charge in [0.25, 0.3) is 17.4 Å². The largest absolute Gasteiger partial charge is 0.750 e. The minimum atomic E-state index is -2.88. The Morgan fingerprint density at radius 2 is 1.41 bits per heavy atom. The molecule has 0 spiro atoms. The average molecular weight is 667 g/mol. The molecule has 0 saturated carbocycles. The quantitative estimate of drug-likeness (QED) is 0.108. The second-order valence-corrected chi connectivity index (χ2v) is 9.85. The molecule has 0 fully saturated rings. The highest BCUT2D eigenvalue weighted by molar-refractivity contribution is 7.74. The minimum absolute atomic E-state index is 0.0462. The van der Waals surface area contributed by atoms with Crippen LogP contribution in [0.3, 0.4) is 0 Å². The number of nitrogens with one attached hydrogen (secondary N) is 1. The maximum atomic E-state index is 13.8. The van der Waals surface area contributed by atoms with Gasteiger partial charge in [-0.25, -0.2) is 18.2 Å². The number of fused-ring (bicyclic) bond motifs is 2. The van der Waals surface area contributed by atoms with Gasteiger partial charge < -0.3 is 33.4 Å². The van der Waals surface area contributed by atoms with Gasteiger partial charge in [-0.1, -0.05) is 24.3 Å². The van der Waals surface area contributed by atoms with Crippen LogP contribution in [0, 0.1) is 0 Å². The molecule has 1 aliphatic heterocycles. The predicted molar refractivity (Wildman–Crippen MR) is 150 cm³/mol. The van der Waals surface area contributed by atoms with E-state index < -0.39 is 40.3 Å². The molecule has 1 amide bonds. The van der Waals surface area contributed by atoms with Gasteiger partial charge in [0.2, 0.25) is 5.69 Å². The minimum Gasteiger partial charge on any atom is -0.750 e. The number of amides is 1. The lowest BCUT2D eigenvalue weighted by Gasteiger charge is -2.08. The number of aromatic amines is 1. The Morgan fingerprint density at radius 1 is 0.848 bits per heavy atom. The monoisotopic (exact) mass is 666 g/mol. The van der Waals surface area contributed by atoms with Gasteiger partial charge in [0.05, 0.1) is 28.2 Å². The summed E-state index contributed by atoms with van der Waals surface area (Å²) in [7, 11) is 0. The maximum absolute atomic E-state index is 13.8. The van der Waals surface area contributed by atoms with Crippen LogP contribution in [-0.4, -0.2) is 60.1 Å². The number of rotatable bonds is 5. The normalized spacial score (nSPS) is 13.2. The SMILES string of the molecule is O=C1C(c2c(O)c3ccccc3n2C(=O)c2ccncc2)=[N+](C(=O)c2cc[nH+]cc2)c2ccccc21.O=S([O-])O[O-].O=S([O-])O[O-]. The van der Waals surface area contributed by atoms with E-state index in [9.17, 15) is 19.5 Å². The molecule has 236 valence electrons. The zero-order valence-electron chi connectivity index (χ0n) is 22.8. The third-order valence-corrected chi connectivity index (χ3v) is 6.53. The van der Waals surface area contributed by atoms with E-state index in [0.717, 1.165) is 0 Å². The Morgan fingerprint density at radius 3 is 2.02 bits per heavy atom. The molecule has 0 radical (unpaired) electrons. The summed E-state index contributed by atoms with van der Waals surface area (Å²) in [4.78, 5) is 48.2. The van der Waals surface area contributed by atoms with Gasteiger partial charge in [-0.2, -0.15) is 0 Å². The zero-order chi connectivity index (χ0) is 33.4. The standard InChI is InChI=1S/C28H16N4O4.2H2O4S/c33-25-19-5-1-3-7-21(19)31(27(35)17-9-13-29-14-10-17)23(25)24-26(34)20-6-2-4-8-22(20)32(24)28(36)18-11-15-30-16-12-18;2*1-4-5(2)3/h1-16H;2*1H,(H,2,3)/p-2. The second kappa shape index (κ2) is 15.2. The number of benzene rings is 2. The molecule has 16 nitrogen and oxygen atoms in total. The molecule has 5 aromatic rings. The highest BCUT2D eigenvalue weighted by atomic mass is 32.2. The summed E-state index contributed by atoms with van der Waals surface area (Å²) < 4.78 is 42.7. The fraction of sp³-hybridized carbons (Fsp3) is 0. The topological polar surface area (TPSA) is 251 Å². The number of aromatic nitrogens is 3. The number of H-pyrrole nitrogens is 1. The van der Waals surface area contributed by atoms with Gasteiger partial charge in [0.1, 0.15) is 11.1 Å². The molecule has 1 aliphatic rings. The molecule has 4 heterocycles. The van der Waals surface area contributed by atoms with Crippen molar-refractivity contribution >= 4 is 62.6 Å². The van der Waals surface area contributed by atoms with Crippen LogP contribution in [0.15, 0.2) is 97.6 Å². The number of nitrogens with zero attached hydrogens (tertiary/aromatic N) is 3. The van der Waals surface area contributed by atoms with E-state index in [-0.39, 0.29) is 17.2 Å². The lowest BCUT2D eigenvalue weighted by atomic mass is 10.1. The number of pyridine rings is 2. The molecule has 2 atom stereocenters. The number of para-hydroxylation sites is 2. The highest BCUT2D eigenvalue weighted by Crippen LogP contribution is 2.38. The van der Waals surface area contributed by atoms with Crippen molar-refractivity contribution in [2.45, 2.75) is 0 Å². The van der Waals surface area contributed by atoms with Crippen molar-refractivity contribution in [2.75, 3.05) is 0 Å². The lowest BCUT2D eigenvalue weighted by molar-refractivity contribution is -0.635. The molecule has 3 aromatic heterocycles. The van der Waals surface area contributed by atoms with Crippen LogP contribution >= 0.6 is 0 Å². The first-order valence-electron chi connectivity index (χ1n) is 12.5. The molecule has 46 heavy (non-hydrogen) atoms. The summed E-state index contributed by atoms with van der Waals surface area (Å²) >= 11 is -5.76. The first kappa shape index (κ1) is 33.7. The highest BCUT2D eigenvalue weighted by Gasteiger charge is 2.47. The van der Waals surface area contributed by atoms with Crippen LogP contribution in [0.5, 0.6) is 5.75 Å². The van der Waals surface area contributed by atoms with Gasteiger partial charge >= 0.3 is 5.91 Å². The van der Waals surface area contributed by atoms with E-state index in [4.69, 9.17) is 28.0 Å². The Bertz CT molecular complexity index is 1990. The van der Waals surface area contributed by atoms with Gasteiger partial charge in [-0.15, -0.1) is 4.58 Å². The first-order valence-corrected chi connectivity index (χ1v) is 14.5. The van der Waals surface area contributed by atoms with Crippen molar-refractivity contribution in [3.05, 3.63) is 120 Å². The van der Waals surface area contributed by atoms with Crippen molar-refractivity contribution < 1.29 is 65.8 Å². The van der Waals surface area contributed by atoms with E-state index in [1.807, 2.05) is 0 Å². The summed E-state index contributed by atoms with van der Waals surface area (Å²) in [5, 5.41) is 28.8. The fourth-order valence-corrected chi connectivity index (χ4v) is 4.57. The number of hydrogen-bond donors (Lipinski definition) is 1. The Hall–Kier alpha value is -5.18. The predicted octanol–water partition coefficient (Wildman–Crippen LogP) is -0.441. The van der Waals surface area contributed by atoms with Crippen molar-refractivity contribution in [1.29, 1.82) is 0 Å². The average Bonchev–Trinajstić information content (AvgIpc) is 3.55. The number of carbonyl (C=O) groups excluding carboxylic acids is 3. The van der Waals surface area contributed by atoms with Gasteiger partial charge in [-0.3, -0.25) is 19.1 Å². The summed E-state index contributed by atoms with van der Waals surface area (Å²) in [6.07, 6.45) is 6.20. The van der Waals surface area contributed by atoms with Gasteiger partial charge in [0.15, 0.2) is 23.8 Å². The number of Topliss-reactive ketones (excluding diaryl/α,β-unsaturated/α-hetero) is 1. The Labute approximate surface area is 263 Å². The number of hydrogen-bond acceptors (Lipinski definition) is 13. The summed E-state index contributed by atoms with van der Waals surface area (Å²) in [5.74, 6) is -1.67. The number of aromatic hydroxyl groups is 1. The number of carbonyl (C=O) groups is 3. The second-order valence-electron chi connectivity index (χ2n) is 8.76. The fourth-order valence-electron chi connectivity index (χ4n) is 4.57. The van der Waals surface area contributed by atoms with Crippen molar-refractivity contribution in [2.24, 2.45) is 0 Å². The van der Waals surface area contributed by atoms with E-state index >= 15 is 0 Å². The molecule has 2 N–H and O–H groups in total. The first-order chi connectivity index (χ1) is 22.1. The van der Waals surface area contributed by atoms with Crippen LogP contribution in [-0.2, 0) is 31.4 Å². The van der Waals surface area contributed by atoms with E-state index in [0.29, 0.717) is 33.3 Å². The van der Waals surface area contributed by atoms with Gasteiger partial charge in [-0.05, 0) is 30.3 Å². The molecule has 18 heteroatoms. The molecular weight excluding hydrogens is 648 g/mol. The summed E-state index contributed by atoms with van der Waals surface area (Å²) in [5.41, 5.74) is 1.59. The third kappa shape index (κ3) is 7.04. The van der Waals surface area contributed by atoms with Crippen LogP contribution in [0.25, 0.3) is 10.9 Å². The van der Waals surface area contributed by atoms with E-state index in [2.05, 4.69) is 18.6 Å². The van der Waals surface area contributed by atoms with E-state index in [1.54, 1.807) is 85.2 Å². The molecular formula is C28H18N4O12S2-2. The molecule has 6 rings (SSSR count).